The van der Waals surface area contributed by atoms with Crippen LogP contribution < -0.4 is 11.1 Å². The Morgan fingerprint density at radius 2 is 1.80 bits per heavy atom. The number of carboxylic acids is 1. The maximum absolute atomic E-state index is 12.1. The largest absolute Gasteiger partial charge is 0.480 e. The van der Waals surface area contributed by atoms with Crippen LogP contribution in [0.25, 0.3) is 6.08 Å². The molecule has 212 valence electrons. The van der Waals surface area contributed by atoms with E-state index in [1.165, 1.54) is 13.0 Å². The number of rotatable bonds is 13. The standard InChI is InChI=1S/C30H36N4O6/c1-19(17-20(2)18-24-22(4)40-25(33-24)15-14-23-13-10-16-32-23)11-8-6-5-7-9-12-21(3)29(37)34-26(30(38)39)27(35)28(31)36/h5-18,22,24,26-27,32,35H,1-4H3,(H2,31,36)(H,34,37)(H,38,39)/b6-5+,9-7+,11-8+,15-14+,19-17-,20-18+,21-12+/t22-,24-,26-,27+/m1/s1. The van der Waals surface area contributed by atoms with Gasteiger partial charge in [0.1, 0.15) is 12.1 Å². The first-order valence-corrected chi connectivity index (χ1v) is 12.6. The van der Waals surface area contributed by atoms with Crippen molar-refractivity contribution in [1.29, 1.82) is 0 Å². The zero-order valence-electron chi connectivity index (χ0n) is 22.9. The molecule has 0 saturated heterocycles. The summed E-state index contributed by atoms with van der Waals surface area (Å²) in [6, 6.07) is 1.99. The third kappa shape index (κ3) is 10.6. The van der Waals surface area contributed by atoms with E-state index >= 15 is 0 Å². The highest BCUT2D eigenvalue weighted by Crippen LogP contribution is 2.18. The molecule has 1 aliphatic rings. The van der Waals surface area contributed by atoms with Crippen molar-refractivity contribution in [1.82, 2.24) is 10.3 Å². The van der Waals surface area contributed by atoms with Gasteiger partial charge < -0.3 is 31.0 Å². The van der Waals surface area contributed by atoms with Gasteiger partial charge in [-0.3, -0.25) is 9.59 Å². The Hall–Kier alpha value is -4.70. The van der Waals surface area contributed by atoms with E-state index in [4.69, 9.17) is 15.6 Å². The van der Waals surface area contributed by atoms with Gasteiger partial charge in [-0.2, -0.15) is 0 Å². The second-order valence-corrected chi connectivity index (χ2v) is 9.15. The van der Waals surface area contributed by atoms with Crippen molar-refractivity contribution < 1.29 is 29.3 Å². The first-order valence-electron chi connectivity index (χ1n) is 12.6. The van der Waals surface area contributed by atoms with Crippen molar-refractivity contribution >= 4 is 29.8 Å². The molecule has 1 aromatic rings. The van der Waals surface area contributed by atoms with Crippen molar-refractivity contribution in [2.24, 2.45) is 10.7 Å². The van der Waals surface area contributed by atoms with Gasteiger partial charge in [-0.15, -0.1) is 0 Å². The van der Waals surface area contributed by atoms with Gasteiger partial charge in [0, 0.05) is 23.5 Å². The summed E-state index contributed by atoms with van der Waals surface area (Å²) in [5, 5.41) is 20.7. The number of aromatic amines is 1. The van der Waals surface area contributed by atoms with E-state index in [1.807, 2.05) is 69.5 Å². The molecular formula is C30H36N4O6. The van der Waals surface area contributed by atoms with Crippen molar-refractivity contribution in [3.63, 3.8) is 0 Å². The van der Waals surface area contributed by atoms with Crippen molar-refractivity contribution in [2.75, 3.05) is 0 Å². The molecule has 0 aromatic carbocycles. The minimum atomic E-state index is -2.04. The van der Waals surface area contributed by atoms with Gasteiger partial charge in [0.2, 0.25) is 17.7 Å². The number of aliphatic imine (C=N–C) groups is 1. The first kappa shape index (κ1) is 31.5. The topological polar surface area (TPSA) is 167 Å². The van der Waals surface area contributed by atoms with E-state index in [0.717, 1.165) is 16.8 Å². The minimum Gasteiger partial charge on any atom is -0.480 e. The van der Waals surface area contributed by atoms with Crippen LogP contribution in [0.2, 0.25) is 0 Å². The summed E-state index contributed by atoms with van der Waals surface area (Å²) in [5.74, 6) is -2.97. The van der Waals surface area contributed by atoms with Gasteiger partial charge in [-0.25, -0.2) is 9.79 Å². The third-order valence-electron chi connectivity index (χ3n) is 5.65. The van der Waals surface area contributed by atoms with Gasteiger partial charge in [0.05, 0.1) is 0 Å². The number of carboxylic acid groups (broad SMARTS) is 1. The van der Waals surface area contributed by atoms with E-state index in [-0.39, 0.29) is 17.7 Å². The highest BCUT2D eigenvalue weighted by atomic mass is 16.5. The van der Waals surface area contributed by atoms with Crippen LogP contribution in [-0.2, 0) is 19.1 Å². The zero-order chi connectivity index (χ0) is 29.7. The lowest BCUT2D eigenvalue weighted by Gasteiger charge is -2.17. The van der Waals surface area contributed by atoms with Crippen LogP contribution in [0.1, 0.15) is 33.4 Å². The molecule has 40 heavy (non-hydrogen) atoms. The SMILES string of the molecule is CC(=C/C(C)=C/[C@H]1N=C(/C=C/c2ccc[nH]2)O[C@@H]1C)/C=C/C=C/C=C/C=C(\C)C(=O)N[C@@H](C(=O)O)[C@H](O)C(N)=O. The molecule has 6 N–H and O–H groups in total. The van der Waals surface area contributed by atoms with Crippen LogP contribution in [-0.4, -0.2) is 63.2 Å². The molecule has 2 heterocycles. The summed E-state index contributed by atoms with van der Waals surface area (Å²) >= 11 is 0. The zero-order valence-corrected chi connectivity index (χ0v) is 22.9. The summed E-state index contributed by atoms with van der Waals surface area (Å²) in [4.78, 5) is 42.1. The molecule has 4 atom stereocenters. The lowest BCUT2D eigenvalue weighted by atomic mass is 10.1. The number of nitrogens with two attached hydrogens (primary N) is 1. The fraction of sp³-hybridized carbons (Fsp3) is 0.267. The molecule has 0 fully saturated rings. The van der Waals surface area contributed by atoms with Gasteiger partial charge in [-0.1, -0.05) is 65.8 Å². The van der Waals surface area contributed by atoms with Crippen LogP contribution >= 0.6 is 0 Å². The van der Waals surface area contributed by atoms with Gasteiger partial charge in [0.15, 0.2) is 12.1 Å². The Bertz CT molecular complexity index is 1300. The molecule has 2 amide bonds. The van der Waals surface area contributed by atoms with Crippen molar-refractivity contribution in [3.8, 4) is 0 Å². The first-order chi connectivity index (χ1) is 19.0. The molecule has 0 bridgehead atoms. The smallest absolute Gasteiger partial charge is 0.329 e. The average Bonchev–Trinajstić information content (AvgIpc) is 3.53. The van der Waals surface area contributed by atoms with Crippen molar-refractivity contribution in [3.05, 3.63) is 102 Å². The van der Waals surface area contributed by atoms with Crippen LogP contribution in [0.15, 0.2) is 101 Å². The second-order valence-electron chi connectivity index (χ2n) is 9.15. The molecule has 10 nitrogen and oxygen atoms in total. The van der Waals surface area contributed by atoms with Crippen molar-refractivity contribution in [2.45, 2.75) is 52.0 Å². The van der Waals surface area contributed by atoms with Crippen LogP contribution in [0, 0.1) is 0 Å². The van der Waals surface area contributed by atoms with Crippen LogP contribution in [0.5, 0.6) is 0 Å². The van der Waals surface area contributed by atoms with E-state index in [1.54, 1.807) is 18.2 Å². The Morgan fingerprint density at radius 1 is 1.10 bits per heavy atom. The molecule has 1 aromatic heterocycles. The molecule has 0 radical (unpaired) electrons. The molecule has 1 aliphatic heterocycles. The van der Waals surface area contributed by atoms with E-state index in [0.29, 0.717) is 5.90 Å². The van der Waals surface area contributed by atoms with Gasteiger partial charge >= 0.3 is 5.97 Å². The van der Waals surface area contributed by atoms with E-state index in [2.05, 4.69) is 27.4 Å². The summed E-state index contributed by atoms with van der Waals surface area (Å²) in [7, 11) is 0. The Labute approximate surface area is 233 Å². The Morgan fingerprint density at radius 3 is 2.45 bits per heavy atom. The summed E-state index contributed by atoms with van der Waals surface area (Å²) < 4.78 is 5.84. The quantitative estimate of drug-likeness (QED) is 0.187. The number of hydrogen-bond donors (Lipinski definition) is 5. The highest BCUT2D eigenvalue weighted by Gasteiger charge is 2.32. The molecule has 0 saturated carbocycles. The van der Waals surface area contributed by atoms with E-state index < -0.39 is 29.9 Å². The molecule has 0 unspecified atom stereocenters. The van der Waals surface area contributed by atoms with Gasteiger partial charge in [-0.05, 0) is 45.9 Å². The predicted octanol–water partition coefficient (Wildman–Crippen LogP) is 3.14. The van der Waals surface area contributed by atoms with Crippen LogP contribution in [0.3, 0.4) is 0 Å². The number of hydrogen-bond acceptors (Lipinski definition) is 6. The molecule has 0 spiro atoms. The summed E-state index contributed by atoms with van der Waals surface area (Å²) in [6.07, 6.45) is 19.8. The lowest BCUT2D eigenvalue weighted by Crippen LogP contribution is -2.53. The number of H-pyrrole nitrogens is 1. The number of aliphatic carboxylic acids is 1. The molecular weight excluding hydrogens is 512 g/mol. The number of primary amides is 1. The average molecular weight is 549 g/mol. The number of ether oxygens (including phenoxy) is 1. The fourth-order valence-electron chi connectivity index (χ4n) is 3.50. The van der Waals surface area contributed by atoms with Gasteiger partial charge in [0.25, 0.3) is 0 Å². The maximum Gasteiger partial charge on any atom is 0.329 e. The molecule has 0 aliphatic carbocycles. The number of carbonyl (C=O) groups is 3. The Balaban J connectivity index is 1.88. The van der Waals surface area contributed by atoms with E-state index in [9.17, 15) is 19.5 Å². The number of aliphatic hydroxyl groups is 1. The number of nitrogens with one attached hydrogen (secondary N) is 2. The lowest BCUT2D eigenvalue weighted by molar-refractivity contribution is -0.148. The number of aliphatic hydroxyl groups excluding tert-OH is 1. The number of aromatic nitrogens is 1. The second kappa shape index (κ2) is 15.6. The molecule has 2 rings (SSSR count). The number of carbonyl (C=O) groups excluding carboxylic acids is 2. The minimum absolute atomic E-state index is 0.0543. The normalized spacial score (nSPS) is 20.3. The number of amides is 2. The maximum atomic E-state index is 12.1. The van der Waals surface area contributed by atoms with Crippen LogP contribution in [0.4, 0.5) is 0 Å². The predicted molar refractivity (Wildman–Crippen MR) is 155 cm³/mol. The summed E-state index contributed by atoms with van der Waals surface area (Å²) in [6.45, 7) is 7.47. The third-order valence-corrected chi connectivity index (χ3v) is 5.65. The fourth-order valence-corrected chi connectivity index (χ4v) is 3.50. The highest BCUT2D eigenvalue weighted by molar-refractivity contribution is 5.97. The summed E-state index contributed by atoms with van der Waals surface area (Å²) in [5.41, 5.74) is 8.18. The number of allylic oxidation sites excluding steroid dienone is 10. The molecule has 10 heteroatoms. The monoisotopic (exact) mass is 548 g/mol. The number of nitrogens with zero attached hydrogens (tertiary/aromatic N) is 1. The Kier molecular flexibility index (Phi) is 12.3.